The second-order valence-corrected chi connectivity index (χ2v) is 20.3. The first-order valence-corrected chi connectivity index (χ1v) is 28.1. The Hall–Kier alpha value is -2.06. The van der Waals surface area contributed by atoms with E-state index in [1.54, 1.807) is 0 Å². The molecule has 8 nitrogen and oxygen atoms in total. The van der Waals surface area contributed by atoms with Gasteiger partial charge in [0.2, 0.25) is 0 Å². The van der Waals surface area contributed by atoms with Crippen molar-refractivity contribution < 1.29 is 37.3 Å². The molecular formula is C56H102NO7P. The molecule has 0 aliphatic rings. The van der Waals surface area contributed by atoms with Crippen molar-refractivity contribution in [2.24, 2.45) is 0 Å². The van der Waals surface area contributed by atoms with Gasteiger partial charge in [0.15, 0.2) is 0 Å². The third-order valence-corrected chi connectivity index (χ3v) is 12.2. The molecule has 0 saturated heterocycles. The number of carbonyl (C=O) groups is 1. The Morgan fingerprint density at radius 2 is 0.892 bits per heavy atom. The molecule has 0 aromatic carbocycles. The van der Waals surface area contributed by atoms with E-state index in [4.69, 9.17) is 18.5 Å². The normalized spacial score (nSPS) is 14.1. The molecule has 0 fully saturated rings. The Kier molecular flexibility index (Phi) is 46.9. The summed E-state index contributed by atoms with van der Waals surface area (Å²) in [5.74, 6) is -0.357. The van der Waals surface area contributed by atoms with Gasteiger partial charge in [-0.25, -0.2) is 0 Å². The third kappa shape index (κ3) is 52.8. The summed E-state index contributed by atoms with van der Waals surface area (Å²) in [7, 11) is 1.33. The molecular weight excluding hydrogens is 830 g/mol. The van der Waals surface area contributed by atoms with Crippen molar-refractivity contribution in [3.8, 4) is 0 Å². The van der Waals surface area contributed by atoms with Crippen LogP contribution in [0.1, 0.15) is 219 Å². The number of hydrogen-bond donors (Lipinski definition) is 0. The third-order valence-electron chi connectivity index (χ3n) is 11.2. The molecule has 0 rings (SSSR count). The molecule has 0 heterocycles. The maximum absolute atomic E-state index is 12.7. The van der Waals surface area contributed by atoms with Gasteiger partial charge in [0, 0.05) is 13.0 Å². The van der Waals surface area contributed by atoms with Gasteiger partial charge in [0.25, 0.3) is 7.82 Å². The van der Waals surface area contributed by atoms with Crippen LogP contribution in [0.15, 0.2) is 72.9 Å². The van der Waals surface area contributed by atoms with Crippen molar-refractivity contribution >= 4 is 13.8 Å². The lowest BCUT2D eigenvalue weighted by atomic mass is 10.0. The first-order valence-electron chi connectivity index (χ1n) is 26.7. The van der Waals surface area contributed by atoms with E-state index in [9.17, 15) is 14.3 Å². The van der Waals surface area contributed by atoms with Crippen molar-refractivity contribution in [1.82, 2.24) is 0 Å². The fourth-order valence-corrected chi connectivity index (χ4v) is 7.89. The van der Waals surface area contributed by atoms with Crippen molar-refractivity contribution in [3.05, 3.63) is 72.9 Å². The van der Waals surface area contributed by atoms with Crippen LogP contribution in [0.4, 0.5) is 0 Å². The minimum atomic E-state index is -4.54. The molecule has 0 amide bonds. The van der Waals surface area contributed by atoms with Crippen LogP contribution >= 0.6 is 7.82 Å². The SMILES string of the molecule is CC/C=C\C/C=C\C/C=C\C/C=C\CCCCCCC(=O)OC(COCCCCCCCCCCCCCCCC/C=C\C/C=C\CCCCCCC)COP(=O)([O-])OCC[N+](C)(C)C. The Balaban J connectivity index is 4.11. The van der Waals surface area contributed by atoms with E-state index < -0.39 is 13.9 Å². The molecule has 378 valence electrons. The fourth-order valence-electron chi connectivity index (χ4n) is 7.16. The molecule has 0 aromatic rings. The Morgan fingerprint density at radius 3 is 1.34 bits per heavy atom. The number of hydrogen-bond acceptors (Lipinski definition) is 7. The van der Waals surface area contributed by atoms with Gasteiger partial charge in [-0.15, -0.1) is 0 Å². The highest BCUT2D eigenvalue weighted by molar-refractivity contribution is 7.45. The highest BCUT2D eigenvalue weighted by atomic mass is 31.2. The Morgan fingerprint density at radius 1 is 0.492 bits per heavy atom. The average molecular weight is 932 g/mol. The summed E-state index contributed by atoms with van der Waals surface area (Å²) in [6.07, 6.45) is 63.7. The molecule has 9 heteroatoms. The highest BCUT2D eigenvalue weighted by Crippen LogP contribution is 2.38. The van der Waals surface area contributed by atoms with Gasteiger partial charge in [-0.2, -0.15) is 0 Å². The van der Waals surface area contributed by atoms with Crippen molar-refractivity contribution in [2.45, 2.75) is 225 Å². The molecule has 65 heavy (non-hydrogen) atoms. The monoisotopic (exact) mass is 932 g/mol. The van der Waals surface area contributed by atoms with Gasteiger partial charge in [0.1, 0.15) is 19.3 Å². The van der Waals surface area contributed by atoms with Crippen LogP contribution in [0.25, 0.3) is 0 Å². The summed E-state index contributed by atoms with van der Waals surface area (Å²) in [6, 6.07) is 0. The number of phosphoric acid groups is 1. The summed E-state index contributed by atoms with van der Waals surface area (Å²) in [5.41, 5.74) is 0. The van der Waals surface area contributed by atoms with Crippen LogP contribution in [-0.4, -0.2) is 70.7 Å². The minimum absolute atomic E-state index is 0.0182. The number of unbranched alkanes of at least 4 members (excludes halogenated alkanes) is 23. The van der Waals surface area contributed by atoms with E-state index >= 15 is 0 Å². The van der Waals surface area contributed by atoms with E-state index in [2.05, 4.69) is 86.8 Å². The molecule has 0 bridgehead atoms. The fraction of sp³-hybridized carbons (Fsp3) is 0.768. The maximum atomic E-state index is 12.7. The van der Waals surface area contributed by atoms with Crippen LogP contribution < -0.4 is 4.89 Å². The number of ether oxygens (including phenoxy) is 2. The highest BCUT2D eigenvalue weighted by Gasteiger charge is 2.20. The molecule has 2 unspecified atom stereocenters. The van der Waals surface area contributed by atoms with Gasteiger partial charge < -0.3 is 27.9 Å². The van der Waals surface area contributed by atoms with E-state index in [0.29, 0.717) is 17.6 Å². The lowest BCUT2D eigenvalue weighted by molar-refractivity contribution is -0.870. The average Bonchev–Trinajstić information content (AvgIpc) is 3.27. The van der Waals surface area contributed by atoms with Crippen LogP contribution in [0.2, 0.25) is 0 Å². The summed E-state index contributed by atoms with van der Waals surface area (Å²) < 4.78 is 34.7. The molecule has 0 N–H and O–H groups in total. The zero-order valence-electron chi connectivity index (χ0n) is 42.9. The molecule has 0 aliphatic carbocycles. The number of quaternary nitrogens is 1. The molecule has 0 saturated carbocycles. The van der Waals surface area contributed by atoms with Gasteiger partial charge in [-0.1, -0.05) is 202 Å². The number of phosphoric ester groups is 1. The first kappa shape index (κ1) is 62.9. The Labute approximate surface area is 402 Å². The van der Waals surface area contributed by atoms with Gasteiger partial charge >= 0.3 is 5.97 Å². The predicted molar refractivity (Wildman–Crippen MR) is 277 cm³/mol. The summed E-state index contributed by atoms with van der Waals surface area (Å²) in [4.78, 5) is 25.2. The van der Waals surface area contributed by atoms with Gasteiger partial charge in [0.05, 0.1) is 34.4 Å². The van der Waals surface area contributed by atoms with Gasteiger partial charge in [-0.3, -0.25) is 9.36 Å². The number of allylic oxidation sites excluding steroid dienone is 12. The second-order valence-electron chi connectivity index (χ2n) is 18.9. The number of carbonyl (C=O) groups excluding carboxylic acids is 1. The molecule has 2 atom stereocenters. The second kappa shape index (κ2) is 48.4. The van der Waals surface area contributed by atoms with Crippen LogP contribution in [0.5, 0.6) is 0 Å². The molecule has 0 aliphatic heterocycles. The van der Waals surface area contributed by atoms with Crippen LogP contribution in [-0.2, 0) is 27.9 Å². The standard InChI is InChI=1S/C56H102NO7P/c1-6-8-10-12-14-16-18-20-22-24-25-26-27-28-29-30-31-32-34-36-38-40-42-44-46-48-51-61-53-55(54-63-65(59,60)62-52-50-57(3,4)5)64-56(58)49-47-45-43-41-39-37-35-33-23-21-19-17-15-13-11-9-7-2/h9,11,15,17-18,20-21,23-25,35,37,55H,6-8,10,12-14,16,19,22,26-34,36,38-54H2,1-5H3/b11-9-,17-15-,20-18-,23-21-,25-24-,37-35-. The number of likely N-dealkylation sites (N-methyl/N-ethyl adjacent to an activating group) is 1. The lowest BCUT2D eigenvalue weighted by Gasteiger charge is -2.28. The quantitative estimate of drug-likeness (QED) is 0.0197. The first-order chi connectivity index (χ1) is 31.6. The van der Waals surface area contributed by atoms with E-state index in [-0.39, 0.29) is 32.2 Å². The van der Waals surface area contributed by atoms with Crippen molar-refractivity contribution in [3.63, 3.8) is 0 Å². The van der Waals surface area contributed by atoms with Crippen LogP contribution in [0, 0.1) is 0 Å². The zero-order valence-corrected chi connectivity index (χ0v) is 43.8. The van der Waals surface area contributed by atoms with E-state index in [1.807, 2.05) is 21.1 Å². The van der Waals surface area contributed by atoms with E-state index in [1.165, 1.54) is 122 Å². The molecule has 0 aromatic heterocycles. The van der Waals surface area contributed by atoms with E-state index in [0.717, 1.165) is 77.0 Å². The summed E-state index contributed by atoms with van der Waals surface area (Å²) in [6.45, 7) is 5.26. The van der Waals surface area contributed by atoms with Crippen LogP contribution in [0.3, 0.4) is 0 Å². The largest absolute Gasteiger partial charge is 0.756 e. The summed E-state index contributed by atoms with van der Waals surface area (Å²) >= 11 is 0. The predicted octanol–water partition coefficient (Wildman–Crippen LogP) is 16.0. The van der Waals surface area contributed by atoms with Gasteiger partial charge in [-0.05, 0) is 83.5 Å². The number of rotatable bonds is 49. The number of nitrogens with zero attached hydrogens (tertiary/aromatic N) is 1. The Bertz CT molecular complexity index is 1270. The minimum Gasteiger partial charge on any atom is -0.756 e. The molecule has 0 spiro atoms. The number of esters is 1. The molecule has 0 radical (unpaired) electrons. The zero-order chi connectivity index (χ0) is 47.6. The topological polar surface area (TPSA) is 94.1 Å². The summed E-state index contributed by atoms with van der Waals surface area (Å²) in [5, 5.41) is 0. The smallest absolute Gasteiger partial charge is 0.306 e. The van der Waals surface area contributed by atoms with Crippen molar-refractivity contribution in [1.29, 1.82) is 0 Å². The lowest BCUT2D eigenvalue weighted by Crippen LogP contribution is -2.37. The van der Waals surface area contributed by atoms with Crippen molar-refractivity contribution in [2.75, 3.05) is 54.1 Å². The maximum Gasteiger partial charge on any atom is 0.306 e.